The summed E-state index contributed by atoms with van der Waals surface area (Å²) in [4.78, 5) is 15.0. The number of alkyl halides is 3. The zero-order chi connectivity index (χ0) is 28.3. The number of rotatable bonds is 7. The van der Waals surface area contributed by atoms with E-state index < -0.39 is 17.6 Å². The fraction of sp³-hybridized carbons (Fsp3) is 0.286. The van der Waals surface area contributed by atoms with E-state index in [1.165, 1.54) is 29.2 Å². The first-order valence-electron chi connectivity index (χ1n) is 12.8. The molecule has 40 heavy (non-hydrogen) atoms. The number of nitrogens with zero attached hydrogens (tertiary/aromatic N) is 5. The van der Waals surface area contributed by atoms with Gasteiger partial charge in [0.25, 0.3) is 5.91 Å². The zero-order valence-electron chi connectivity index (χ0n) is 21.7. The summed E-state index contributed by atoms with van der Waals surface area (Å²) in [6, 6.07) is 14.2. The molecule has 0 radical (unpaired) electrons. The van der Waals surface area contributed by atoms with Gasteiger partial charge in [-0.05, 0) is 68.6 Å². The number of ether oxygens (including phenoxy) is 1. The molecule has 1 aliphatic heterocycles. The summed E-state index contributed by atoms with van der Waals surface area (Å²) < 4.78 is 51.5. The molecule has 0 aliphatic carbocycles. The van der Waals surface area contributed by atoms with Crippen LogP contribution < -0.4 is 20.7 Å². The summed E-state index contributed by atoms with van der Waals surface area (Å²) in [6.45, 7) is 2.80. The van der Waals surface area contributed by atoms with Crippen LogP contribution in [0.3, 0.4) is 0 Å². The Balaban J connectivity index is 1.57. The third kappa shape index (κ3) is 5.76. The Morgan fingerprint density at radius 2 is 1.95 bits per heavy atom. The van der Waals surface area contributed by atoms with Gasteiger partial charge in [0, 0.05) is 18.8 Å². The van der Waals surface area contributed by atoms with Gasteiger partial charge >= 0.3 is 6.18 Å². The number of piperidine rings is 1. The summed E-state index contributed by atoms with van der Waals surface area (Å²) >= 11 is 0. The first kappa shape index (κ1) is 27.1. The van der Waals surface area contributed by atoms with Gasteiger partial charge in [0.2, 0.25) is 0 Å². The maximum atomic E-state index is 14.8. The lowest BCUT2D eigenvalue weighted by Gasteiger charge is -2.37. The van der Waals surface area contributed by atoms with Gasteiger partial charge in [0.05, 0.1) is 29.5 Å². The Morgan fingerprint density at radius 1 is 1.15 bits per heavy atom. The van der Waals surface area contributed by atoms with Crippen LogP contribution in [0, 0.1) is 12.8 Å². The average molecular weight is 552 g/mol. The summed E-state index contributed by atoms with van der Waals surface area (Å²) in [5, 5.41) is 14.6. The highest BCUT2D eigenvalue weighted by Crippen LogP contribution is 2.48. The van der Waals surface area contributed by atoms with Crippen molar-refractivity contribution >= 4 is 17.3 Å². The van der Waals surface area contributed by atoms with Crippen LogP contribution >= 0.6 is 0 Å². The topological polar surface area (TPSA) is 111 Å². The van der Waals surface area contributed by atoms with Crippen molar-refractivity contribution in [2.75, 3.05) is 29.9 Å². The predicted molar refractivity (Wildman–Crippen MR) is 144 cm³/mol. The molecule has 9 nitrogen and oxygen atoms in total. The Bertz CT molecular complexity index is 1480. The highest BCUT2D eigenvalue weighted by atomic mass is 19.4. The van der Waals surface area contributed by atoms with Gasteiger partial charge < -0.3 is 20.7 Å². The molecule has 0 unspecified atom stereocenters. The van der Waals surface area contributed by atoms with Crippen LogP contribution in [0.1, 0.15) is 34.6 Å². The van der Waals surface area contributed by atoms with E-state index in [-0.39, 0.29) is 34.5 Å². The second-order valence-corrected chi connectivity index (χ2v) is 9.58. The number of aromatic nitrogens is 4. The molecule has 1 aliphatic rings. The van der Waals surface area contributed by atoms with Gasteiger partial charge in [0.15, 0.2) is 5.69 Å². The van der Waals surface area contributed by atoms with Crippen molar-refractivity contribution in [3.63, 3.8) is 0 Å². The second kappa shape index (κ2) is 11.3. The van der Waals surface area contributed by atoms with E-state index in [1.807, 2.05) is 0 Å². The van der Waals surface area contributed by atoms with Crippen molar-refractivity contribution in [2.24, 2.45) is 11.7 Å². The number of carbonyl (C=O) groups is 1. The lowest BCUT2D eigenvalue weighted by atomic mass is 9.96. The van der Waals surface area contributed by atoms with Crippen molar-refractivity contribution in [1.82, 2.24) is 20.0 Å². The second-order valence-electron chi connectivity index (χ2n) is 9.58. The molecule has 0 spiro atoms. The molecular formula is C28H28F3N7O2. The minimum Gasteiger partial charge on any atom is -0.457 e. The van der Waals surface area contributed by atoms with E-state index in [2.05, 4.69) is 20.6 Å². The number of anilines is 2. The van der Waals surface area contributed by atoms with Crippen LogP contribution in [0.25, 0.3) is 5.69 Å². The molecule has 208 valence electrons. The van der Waals surface area contributed by atoms with Gasteiger partial charge in [0.1, 0.15) is 17.1 Å². The van der Waals surface area contributed by atoms with Crippen LogP contribution in [-0.4, -0.2) is 45.5 Å². The van der Waals surface area contributed by atoms with Crippen LogP contribution in [0.2, 0.25) is 0 Å². The first-order valence-corrected chi connectivity index (χ1v) is 12.8. The van der Waals surface area contributed by atoms with Crippen LogP contribution in [0.15, 0.2) is 67.0 Å². The molecule has 1 fully saturated rings. The number of amides is 1. The summed E-state index contributed by atoms with van der Waals surface area (Å²) in [6.07, 6.45) is -0.308. The van der Waals surface area contributed by atoms with Crippen LogP contribution in [0.5, 0.6) is 11.5 Å². The minimum atomic E-state index is -4.78. The number of halogens is 3. The Morgan fingerprint density at radius 3 is 2.65 bits per heavy atom. The average Bonchev–Trinajstić information content (AvgIpc) is 3.35. The van der Waals surface area contributed by atoms with Gasteiger partial charge in [-0.25, -0.2) is 4.68 Å². The van der Waals surface area contributed by atoms with Gasteiger partial charge in [-0.3, -0.25) is 4.79 Å². The van der Waals surface area contributed by atoms with Crippen LogP contribution in [-0.2, 0) is 6.18 Å². The Kier molecular flexibility index (Phi) is 7.69. The van der Waals surface area contributed by atoms with E-state index >= 15 is 0 Å². The van der Waals surface area contributed by atoms with Gasteiger partial charge in [-0.15, -0.1) is 0 Å². The van der Waals surface area contributed by atoms with E-state index in [1.54, 1.807) is 54.3 Å². The van der Waals surface area contributed by atoms with Crippen molar-refractivity contribution in [1.29, 1.82) is 0 Å². The molecule has 12 heteroatoms. The third-order valence-electron chi connectivity index (χ3n) is 6.74. The molecule has 0 bridgehead atoms. The van der Waals surface area contributed by atoms with E-state index in [4.69, 9.17) is 10.5 Å². The Labute approximate surface area is 228 Å². The van der Waals surface area contributed by atoms with E-state index in [0.29, 0.717) is 37.4 Å². The fourth-order valence-corrected chi connectivity index (χ4v) is 4.88. The van der Waals surface area contributed by atoms with Crippen molar-refractivity contribution in [2.45, 2.75) is 25.9 Å². The standard InChI is InChI=1S/C28H28F3N7O2/c1-18-14-23(36-38(18)20-11-12-33-34-16-20)27(39)35-22-9-10-24(40-21-7-3-2-4-8-21)25(28(29,30)31)26(22)37-13-5-6-19(15-32)17-37/h2-4,7-12,14,16,19H,5-6,13,15,17,32H2,1H3,(H,35,39)/t19-/m0/s1. The van der Waals surface area contributed by atoms with Gasteiger partial charge in [-0.2, -0.15) is 28.5 Å². The van der Waals surface area contributed by atoms with Crippen molar-refractivity contribution < 1.29 is 22.7 Å². The molecule has 2 aromatic heterocycles. The lowest BCUT2D eigenvalue weighted by Crippen LogP contribution is -2.40. The predicted octanol–water partition coefficient (Wildman–Crippen LogP) is 5.21. The molecule has 4 aromatic rings. The number of nitrogens with two attached hydrogens (primary N) is 1. The van der Waals surface area contributed by atoms with E-state index in [0.717, 1.165) is 6.42 Å². The molecule has 0 saturated carbocycles. The molecule has 3 N–H and O–H groups in total. The molecule has 3 heterocycles. The molecule has 5 rings (SSSR count). The maximum Gasteiger partial charge on any atom is 0.422 e. The number of benzene rings is 2. The SMILES string of the molecule is Cc1cc(C(=O)Nc2ccc(Oc3ccccc3)c(C(F)(F)F)c2N2CCC[C@@H](CN)C2)nn1-c1ccnnc1. The number of para-hydroxylation sites is 1. The number of hydrogen-bond donors (Lipinski definition) is 2. The maximum absolute atomic E-state index is 14.8. The lowest BCUT2D eigenvalue weighted by molar-refractivity contribution is -0.138. The largest absolute Gasteiger partial charge is 0.457 e. The fourth-order valence-electron chi connectivity index (χ4n) is 4.88. The molecular weight excluding hydrogens is 523 g/mol. The Hall–Kier alpha value is -4.45. The highest BCUT2D eigenvalue weighted by molar-refractivity contribution is 6.05. The number of aryl methyl sites for hydroxylation is 1. The van der Waals surface area contributed by atoms with Crippen LogP contribution in [0.4, 0.5) is 24.5 Å². The number of nitrogens with one attached hydrogen (secondary N) is 1. The van der Waals surface area contributed by atoms with E-state index in [9.17, 15) is 18.0 Å². The van der Waals surface area contributed by atoms with Gasteiger partial charge in [-0.1, -0.05) is 18.2 Å². The monoisotopic (exact) mass is 551 g/mol. The quantitative estimate of drug-likeness (QED) is 0.324. The number of hydrogen-bond acceptors (Lipinski definition) is 7. The summed E-state index contributed by atoms with van der Waals surface area (Å²) in [7, 11) is 0. The minimum absolute atomic E-state index is 0.00758. The third-order valence-corrected chi connectivity index (χ3v) is 6.74. The number of carbonyl (C=O) groups excluding carboxylic acids is 1. The van der Waals surface area contributed by atoms with Crippen molar-refractivity contribution in [3.8, 4) is 17.2 Å². The first-order chi connectivity index (χ1) is 19.2. The molecule has 1 saturated heterocycles. The van der Waals surface area contributed by atoms with Crippen molar-refractivity contribution in [3.05, 3.63) is 83.9 Å². The summed E-state index contributed by atoms with van der Waals surface area (Å²) in [5.41, 5.74) is 6.06. The zero-order valence-corrected chi connectivity index (χ0v) is 21.7. The summed E-state index contributed by atoms with van der Waals surface area (Å²) in [5.74, 6) is -0.723. The molecule has 1 atom stereocenters. The normalized spacial score (nSPS) is 15.6. The highest BCUT2D eigenvalue weighted by Gasteiger charge is 2.41. The molecule has 1 amide bonds. The smallest absolute Gasteiger partial charge is 0.422 e. The molecule has 2 aromatic carbocycles.